The van der Waals surface area contributed by atoms with Gasteiger partial charge < -0.3 is 5.73 Å². The summed E-state index contributed by atoms with van der Waals surface area (Å²) in [6.07, 6.45) is 3.32. The fraction of sp³-hybridized carbons (Fsp3) is 0.235. The third-order valence-electron chi connectivity index (χ3n) is 3.91. The number of aromatic nitrogens is 5. The number of nitrogens with zero attached hydrogens (tertiary/aromatic N) is 4. The molecule has 0 fully saturated rings. The van der Waals surface area contributed by atoms with Crippen molar-refractivity contribution in [3.05, 3.63) is 41.5 Å². The Bertz CT molecular complexity index is 1030. The average molecular weight is 326 g/mol. The first-order valence-corrected chi connectivity index (χ1v) is 7.80. The number of halogens is 1. The van der Waals surface area contributed by atoms with Crippen LogP contribution in [0.2, 0.25) is 0 Å². The van der Waals surface area contributed by atoms with Gasteiger partial charge in [0.2, 0.25) is 0 Å². The van der Waals surface area contributed by atoms with Crippen LogP contribution < -0.4 is 5.73 Å². The van der Waals surface area contributed by atoms with Gasteiger partial charge in [-0.1, -0.05) is 13.8 Å². The van der Waals surface area contributed by atoms with E-state index in [0.717, 1.165) is 10.9 Å². The molecule has 4 rings (SSSR count). The van der Waals surface area contributed by atoms with Crippen molar-refractivity contribution in [1.29, 1.82) is 0 Å². The molecular formula is C17H19FN6. The van der Waals surface area contributed by atoms with Crippen molar-refractivity contribution >= 4 is 22.4 Å². The number of nitrogens with two attached hydrogens (primary N) is 1. The zero-order valence-corrected chi connectivity index (χ0v) is 14.1. The molecular weight excluding hydrogens is 307 g/mol. The molecule has 0 saturated heterocycles. The van der Waals surface area contributed by atoms with E-state index in [0.29, 0.717) is 33.8 Å². The standard InChI is InChI=1S/C15H13FN6.C2H6/c1-7-13(9-5-18-20-15(9)8(2)14(7)16)10-3-4-12-19-11(17)6-22(12)21-10;1-2/h3-6H,17H2,1-2H3,(H,18,20);1-2H3. The van der Waals surface area contributed by atoms with E-state index >= 15 is 0 Å². The molecule has 3 heterocycles. The Morgan fingerprint density at radius 2 is 1.92 bits per heavy atom. The quantitative estimate of drug-likeness (QED) is 0.559. The van der Waals surface area contributed by atoms with Crippen LogP contribution in [0, 0.1) is 19.7 Å². The number of aromatic amines is 1. The average Bonchev–Trinajstić information content (AvgIpc) is 3.20. The van der Waals surface area contributed by atoms with E-state index in [4.69, 9.17) is 5.73 Å². The van der Waals surface area contributed by atoms with Gasteiger partial charge in [-0.15, -0.1) is 0 Å². The SMILES string of the molecule is CC.Cc1c(F)c(C)c2[nH]ncc2c1-c1ccc2nc(N)cn2n1. The highest BCUT2D eigenvalue weighted by molar-refractivity contribution is 5.97. The van der Waals surface area contributed by atoms with Gasteiger partial charge >= 0.3 is 0 Å². The van der Waals surface area contributed by atoms with Crippen molar-refractivity contribution in [2.24, 2.45) is 0 Å². The Hall–Kier alpha value is -2.96. The molecule has 7 heteroatoms. The number of hydrogen-bond donors (Lipinski definition) is 2. The van der Waals surface area contributed by atoms with Crippen LogP contribution in [0.5, 0.6) is 0 Å². The molecule has 3 aromatic heterocycles. The second kappa shape index (κ2) is 5.92. The van der Waals surface area contributed by atoms with Crippen LogP contribution in [-0.4, -0.2) is 24.8 Å². The Kier molecular flexibility index (Phi) is 3.92. The van der Waals surface area contributed by atoms with Crippen LogP contribution in [0.25, 0.3) is 27.8 Å². The summed E-state index contributed by atoms with van der Waals surface area (Å²) in [6.45, 7) is 7.48. The molecule has 0 saturated carbocycles. The molecule has 0 unspecified atom stereocenters. The number of fused-ring (bicyclic) bond motifs is 2. The van der Waals surface area contributed by atoms with Crippen LogP contribution in [0.3, 0.4) is 0 Å². The molecule has 3 N–H and O–H groups in total. The number of rotatable bonds is 1. The van der Waals surface area contributed by atoms with Crippen molar-refractivity contribution in [3.8, 4) is 11.3 Å². The zero-order valence-electron chi connectivity index (χ0n) is 14.1. The van der Waals surface area contributed by atoms with Crippen LogP contribution in [-0.2, 0) is 0 Å². The highest BCUT2D eigenvalue weighted by Crippen LogP contribution is 2.34. The summed E-state index contributed by atoms with van der Waals surface area (Å²) < 4.78 is 16.1. The van der Waals surface area contributed by atoms with E-state index in [1.165, 1.54) is 0 Å². The number of benzene rings is 1. The summed E-state index contributed by atoms with van der Waals surface area (Å²) >= 11 is 0. The van der Waals surface area contributed by atoms with Gasteiger partial charge in [-0.05, 0) is 31.5 Å². The molecule has 24 heavy (non-hydrogen) atoms. The van der Waals surface area contributed by atoms with Gasteiger partial charge in [-0.25, -0.2) is 13.9 Å². The first-order chi connectivity index (χ1) is 11.6. The zero-order chi connectivity index (χ0) is 17.4. The minimum atomic E-state index is -0.251. The van der Waals surface area contributed by atoms with Gasteiger partial charge in [0, 0.05) is 16.5 Å². The monoisotopic (exact) mass is 326 g/mol. The maximum absolute atomic E-state index is 14.5. The van der Waals surface area contributed by atoms with E-state index in [2.05, 4.69) is 20.3 Å². The number of nitrogens with one attached hydrogen (secondary N) is 1. The molecule has 0 aliphatic heterocycles. The van der Waals surface area contributed by atoms with E-state index in [1.54, 1.807) is 30.8 Å². The summed E-state index contributed by atoms with van der Waals surface area (Å²) in [5.74, 6) is 0.142. The molecule has 0 aliphatic rings. The topological polar surface area (TPSA) is 84.9 Å². The normalized spacial score (nSPS) is 10.9. The minimum absolute atomic E-state index is 0.251. The van der Waals surface area contributed by atoms with Gasteiger partial charge in [-0.2, -0.15) is 10.2 Å². The summed E-state index contributed by atoms with van der Waals surface area (Å²) in [7, 11) is 0. The number of imidazole rings is 1. The number of hydrogen-bond acceptors (Lipinski definition) is 4. The molecule has 1 aromatic carbocycles. The summed E-state index contributed by atoms with van der Waals surface area (Å²) in [5.41, 5.74) is 9.49. The lowest BCUT2D eigenvalue weighted by atomic mass is 9.97. The van der Waals surface area contributed by atoms with Crippen LogP contribution in [0.15, 0.2) is 24.5 Å². The van der Waals surface area contributed by atoms with Crippen molar-refractivity contribution in [1.82, 2.24) is 24.8 Å². The lowest BCUT2D eigenvalue weighted by Crippen LogP contribution is -1.99. The maximum atomic E-state index is 14.5. The summed E-state index contributed by atoms with van der Waals surface area (Å²) in [6, 6.07) is 3.62. The molecule has 0 aliphatic carbocycles. The fourth-order valence-electron chi connectivity index (χ4n) is 2.83. The van der Waals surface area contributed by atoms with Gasteiger partial charge in [0.1, 0.15) is 11.6 Å². The molecule has 0 amide bonds. The fourth-order valence-corrected chi connectivity index (χ4v) is 2.83. The number of H-pyrrole nitrogens is 1. The molecule has 4 aromatic rings. The largest absolute Gasteiger partial charge is 0.382 e. The van der Waals surface area contributed by atoms with E-state index in [-0.39, 0.29) is 5.82 Å². The first kappa shape index (κ1) is 15.9. The molecule has 124 valence electrons. The number of aryl methyl sites for hydroxylation is 1. The van der Waals surface area contributed by atoms with Crippen LogP contribution in [0.1, 0.15) is 25.0 Å². The van der Waals surface area contributed by atoms with E-state index in [9.17, 15) is 4.39 Å². The molecule has 0 spiro atoms. The van der Waals surface area contributed by atoms with E-state index in [1.807, 2.05) is 26.0 Å². The number of nitrogen functional groups attached to an aromatic ring is 1. The predicted octanol–water partition coefficient (Wildman–Crippen LogP) is 3.64. The van der Waals surface area contributed by atoms with Crippen molar-refractivity contribution in [2.45, 2.75) is 27.7 Å². The molecule has 6 nitrogen and oxygen atoms in total. The maximum Gasteiger partial charge on any atom is 0.156 e. The molecule has 0 radical (unpaired) electrons. The lowest BCUT2D eigenvalue weighted by Gasteiger charge is -2.11. The Balaban J connectivity index is 0.000000815. The Labute approximate surface area is 138 Å². The lowest BCUT2D eigenvalue weighted by molar-refractivity contribution is 0.612. The highest BCUT2D eigenvalue weighted by atomic mass is 19.1. The van der Waals surface area contributed by atoms with Crippen molar-refractivity contribution < 1.29 is 4.39 Å². The summed E-state index contributed by atoms with van der Waals surface area (Å²) in [5, 5.41) is 12.2. The third-order valence-corrected chi connectivity index (χ3v) is 3.91. The molecule has 0 bridgehead atoms. The van der Waals surface area contributed by atoms with Crippen LogP contribution in [0.4, 0.5) is 10.2 Å². The van der Waals surface area contributed by atoms with Gasteiger partial charge in [0.25, 0.3) is 0 Å². The van der Waals surface area contributed by atoms with Crippen molar-refractivity contribution in [3.63, 3.8) is 0 Å². The third kappa shape index (κ3) is 2.29. The second-order valence-corrected chi connectivity index (χ2v) is 5.28. The Morgan fingerprint density at radius 3 is 2.67 bits per heavy atom. The van der Waals surface area contributed by atoms with Gasteiger partial charge in [0.05, 0.1) is 23.6 Å². The van der Waals surface area contributed by atoms with Crippen LogP contribution >= 0.6 is 0 Å². The minimum Gasteiger partial charge on any atom is -0.382 e. The predicted molar refractivity (Wildman–Crippen MR) is 93.3 cm³/mol. The Morgan fingerprint density at radius 1 is 1.17 bits per heavy atom. The highest BCUT2D eigenvalue weighted by Gasteiger charge is 2.18. The smallest absolute Gasteiger partial charge is 0.156 e. The molecule has 0 atom stereocenters. The van der Waals surface area contributed by atoms with Gasteiger partial charge in [0.15, 0.2) is 5.65 Å². The van der Waals surface area contributed by atoms with Gasteiger partial charge in [-0.3, -0.25) is 5.10 Å². The summed E-state index contributed by atoms with van der Waals surface area (Å²) in [4.78, 5) is 4.14. The van der Waals surface area contributed by atoms with Crippen molar-refractivity contribution in [2.75, 3.05) is 5.73 Å². The first-order valence-electron chi connectivity index (χ1n) is 7.80. The number of anilines is 1. The second-order valence-electron chi connectivity index (χ2n) is 5.28. The van der Waals surface area contributed by atoms with E-state index < -0.39 is 0 Å².